The van der Waals surface area contributed by atoms with Crippen LogP contribution in [0, 0.1) is 0 Å². The van der Waals surface area contributed by atoms with Crippen molar-refractivity contribution in [3.05, 3.63) is 28.3 Å². The van der Waals surface area contributed by atoms with Gasteiger partial charge >= 0.3 is 0 Å². The Morgan fingerprint density at radius 3 is 3.00 bits per heavy atom. The minimum atomic E-state index is -0.348. The van der Waals surface area contributed by atoms with Gasteiger partial charge in [0.1, 0.15) is 7.85 Å². The molecule has 0 heterocycles. The van der Waals surface area contributed by atoms with Gasteiger partial charge in [-0.1, -0.05) is 23.1 Å². The van der Waals surface area contributed by atoms with Crippen LogP contribution in [0.4, 0.5) is 0 Å². The Balaban J connectivity index is 2.60. The van der Waals surface area contributed by atoms with Gasteiger partial charge < -0.3 is 5.11 Å². The summed E-state index contributed by atoms with van der Waals surface area (Å²) in [6.07, 6.45) is 1.25. The molecule has 0 spiro atoms. The summed E-state index contributed by atoms with van der Waals surface area (Å²) in [5.41, 5.74) is 2.60. The van der Waals surface area contributed by atoms with E-state index >= 15 is 0 Å². The highest BCUT2D eigenvalue weighted by molar-refractivity contribution is 6.45. The molecule has 3 heteroatoms. The predicted octanol–water partition coefficient (Wildman–Crippen LogP) is 1.11. The van der Waals surface area contributed by atoms with E-state index in [2.05, 4.69) is 0 Å². The topological polar surface area (TPSA) is 20.2 Å². The van der Waals surface area contributed by atoms with E-state index in [9.17, 15) is 5.11 Å². The average Bonchev–Trinajstić information content (AvgIpc) is 2.41. The summed E-state index contributed by atoms with van der Waals surface area (Å²) in [4.78, 5) is 0. The van der Waals surface area contributed by atoms with Gasteiger partial charge in [0, 0.05) is 5.02 Å². The highest BCUT2D eigenvalue weighted by Crippen LogP contribution is 2.30. The van der Waals surface area contributed by atoms with Gasteiger partial charge in [-0.05, 0) is 30.0 Å². The predicted molar refractivity (Wildman–Crippen MR) is 50.1 cm³/mol. The summed E-state index contributed by atoms with van der Waals surface area (Å²) in [5, 5.41) is 10.1. The van der Waals surface area contributed by atoms with Crippen molar-refractivity contribution in [2.75, 3.05) is 0 Å². The Labute approximate surface area is 77.8 Å². The zero-order valence-electron chi connectivity index (χ0n) is 6.55. The van der Waals surface area contributed by atoms with Crippen molar-refractivity contribution in [2.24, 2.45) is 0 Å². The molecule has 12 heavy (non-hydrogen) atoms. The first-order valence-electron chi connectivity index (χ1n) is 3.95. The van der Waals surface area contributed by atoms with E-state index in [1.807, 2.05) is 6.07 Å². The summed E-state index contributed by atoms with van der Waals surface area (Å²) in [5.74, 6) is 0. The maximum Gasteiger partial charge on any atom is 0.116 e. The first-order valence-corrected chi connectivity index (χ1v) is 4.32. The smallest absolute Gasteiger partial charge is 0.116 e. The fourth-order valence-corrected chi connectivity index (χ4v) is 1.86. The molecule has 1 unspecified atom stereocenters. The van der Waals surface area contributed by atoms with E-state index < -0.39 is 0 Å². The summed E-state index contributed by atoms with van der Waals surface area (Å²) in [6.45, 7) is 0. The van der Waals surface area contributed by atoms with Crippen LogP contribution in [0.25, 0.3) is 0 Å². The Kier molecular flexibility index (Phi) is 1.89. The van der Waals surface area contributed by atoms with Crippen LogP contribution in [-0.2, 0) is 6.42 Å². The van der Waals surface area contributed by atoms with Crippen LogP contribution in [0.3, 0.4) is 0 Å². The number of aliphatic hydroxyl groups is 1. The Hall–Kier alpha value is -0.465. The van der Waals surface area contributed by atoms with E-state index in [1.54, 1.807) is 6.07 Å². The highest BCUT2D eigenvalue weighted by Gasteiger charge is 2.21. The number of hydrogen-bond donors (Lipinski definition) is 1. The Bertz CT molecular complexity index is 325. The highest BCUT2D eigenvalue weighted by atomic mass is 35.5. The monoisotopic (exact) mass is 178 g/mol. The number of aliphatic hydroxyl groups excluding tert-OH is 1. The summed E-state index contributed by atoms with van der Waals surface area (Å²) in [7, 11) is 5.75. The zero-order valence-corrected chi connectivity index (χ0v) is 7.30. The van der Waals surface area contributed by atoms with Gasteiger partial charge in [0.05, 0.1) is 6.10 Å². The summed E-state index contributed by atoms with van der Waals surface area (Å²) in [6, 6.07) is 3.59. The van der Waals surface area contributed by atoms with Crippen LogP contribution in [0.15, 0.2) is 12.1 Å². The molecule has 0 saturated carbocycles. The molecule has 0 saturated heterocycles. The van der Waals surface area contributed by atoms with Gasteiger partial charge in [-0.3, -0.25) is 0 Å². The molecular weight excluding hydrogens is 170 g/mol. The third-order valence-electron chi connectivity index (χ3n) is 2.37. The van der Waals surface area contributed by atoms with E-state index in [4.69, 9.17) is 19.4 Å². The molecule has 1 atom stereocenters. The van der Waals surface area contributed by atoms with Crippen molar-refractivity contribution in [3.63, 3.8) is 0 Å². The molecule has 1 aliphatic carbocycles. The number of rotatable bonds is 0. The molecule has 0 aliphatic heterocycles. The van der Waals surface area contributed by atoms with Crippen LogP contribution in [0.5, 0.6) is 0 Å². The van der Waals surface area contributed by atoms with Gasteiger partial charge in [-0.15, -0.1) is 0 Å². The zero-order chi connectivity index (χ0) is 8.72. The molecular formula is C9H8BClO. The van der Waals surface area contributed by atoms with Crippen molar-refractivity contribution in [1.82, 2.24) is 0 Å². The minimum absolute atomic E-state index is 0.348. The van der Waals surface area contributed by atoms with Crippen LogP contribution in [0.2, 0.25) is 5.02 Å². The molecule has 1 aromatic rings. The average molecular weight is 178 g/mol. The lowest BCUT2D eigenvalue weighted by Gasteiger charge is -2.07. The third kappa shape index (κ3) is 1.07. The van der Waals surface area contributed by atoms with Crippen molar-refractivity contribution in [1.29, 1.82) is 0 Å². The Morgan fingerprint density at radius 1 is 1.50 bits per heavy atom. The van der Waals surface area contributed by atoms with Gasteiger partial charge in [0.25, 0.3) is 0 Å². The SMILES string of the molecule is [B]c1c(Cl)ccc2c1CCC2O. The molecule has 0 bridgehead atoms. The van der Waals surface area contributed by atoms with Crippen molar-refractivity contribution in [2.45, 2.75) is 18.9 Å². The standard InChI is InChI=1S/C9H8BClO/c10-9-6-2-4-8(12)5(6)1-3-7(9)11/h1,3,8,12H,2,4H2. The van der Waals surface area contributed by atoms with Crippen molar-refractivity contribution >= 4 is 24.9 Å². The lowest BCUT2D eigenvalue weighted by molar-refractivity contribution is 0.180. The van der Waals surface area contributed by atoms with Crippen LogP contribution in [-0.4, -0.2) is 13.0 Å². The van der Waals surface area contributed by atoms with Crippen molar-refractivity contribution in [3.8, 4) is 0 Å². The first-order chi connectivity index (χ1) is 5.70. The molecule has 1 N–H and O–H groups in total. The molecule has 1 aliphatic rings. The second kappa shape index (κ2) is 2.79. The van der Waals surface area contributed by atoms with Gasteiger partial charge in [-0.2, -0.15) is 0 Å². The van der Waals surface area contributed by atoms with E-state index in [0.717, 1.165) is 24.0 Å². The molecule has 1 nitrogen and oxygen atoms in total. The van der Waals surface area contributed by atoms with Gasteiger partial charge in [0.15, 0.2) is 0 Å². The number of halogens is 1. The molecule has 2 radical (unpaired) electrons. The van der Waals surface area contributed by atoms with E-state index in [1.165, 1.54) is 0 Å². The molecule has 60 valence electrons. The Morgan fingerprint density at radius 2 is 2.25 bits per heavy atom. The lowest BCUT2D eigenvalue weighted by Crippen LogP contribution is -2.11. The number of hydrogen-bond acceptors (Lipinski definition) is 1. The van der Waals surface area contributed by atoms with Gasteiger partial charge in [-0.25, -0.2) is 0 Å². The second-order valence-electron chi connectivity index (χ2n) is 3.08. The van der Waals surface area contributed by atoms with Crippen LogP contribution >= 0.6 is 11.6 Å². The van der Waals surface area contributed by atoms with Gasteiger partial charge in [0.2, 0.25) is 0 Å². The lowest BCUT2D eigenvalue weighted by atomic mass is 9.88. The fraction of sp³-hybridized carbons (Fsp3) is 0.333. The molecule has 0 fully saturated rings. The molecule has 0 amide bonds. The molecule has 0 aromatic heterocycles. The normalized spacial score (nSPS) is 21.0. The maximum absolute atomic E-state index is 9.50. The molecule has 2 rings (SSSR count). The number of fused-ring (bicyclic) bond motifs is 1. The second-order valence-corrected chi connectivity index (χ2v) is 3.49. The third-order valence-corrected chi connectivity index (χ3v) is 2.70. The van der Waals surface area contributed by atoms with Crippen molar-refractivity contribution < 1.29 is 5.11 Å². The number of benzene rings is 1. The minimum Gasteiger partial charge on any atom is -0.388 e. The first kappa shape index (κ1) is 8.15. The van der Waals surface area contributed by atoms with Crippen LogP contribution < -0.4 is 5.46 Å². The van der Waals surface area contributed by atoms with E-state index in [-0.39, 0.29) is 6.10 Å². The quantitative estimate of drug-likeness (QED) is 0.590. The fourth-order valence-electron chi connectivity index (χ4n) is 1.68. The van der Waals surface area contributed by atoms with E-state index in [0.29, 0.717) is 10.5 Å². The summed E-state index contributed by atoms with van der Waals surface area (Å²) >= 11 is 5.83. The largest absolute Gasteiger partial charge is 0.388 e. The molecule has 1 aromatic carbocycles. The summed E-state index contributed by atoms with van der Waals surface area (Å²) < 4.78 is 0. The maximum atomic E-state index is 9.50. The van der Waals surface area contributed by atoms with Crippen LogP contribution in [0.1, 0.15) is 23.7 Å².